The molecule has 0 aromatic rings. The van der Waals surface area contributed by atoms with Crippen LogP contribution < -0.4 is 0 Å². The van der Waals surface area contributed by atoms with E-state index >= 15 is 0 Å². The van der Waals surface area contributed by atoms with Crippen LogP contribution in [0.25, 0.3) is 0 Å². The standard InChI is InChI=1S/Cu.Fe.Mn.Ni.4H2O4S/c;;;;4*1-5(2,3)4/h;;;;4*(H2,1,2,3,4)/q4*+2;;;;/p-8. The van der Waals surface area contributed by atoms with Gasteiger partial charge in [0.1, 0.15) is 0 Å². The normalized spacial score (nSPS) is 9.67. The third-order valence-electron chi connectivity index (χ3n) is 0. The quantitative estimate of drug-likeness (QED) is 0.139. The van der Waals surface area contributed by atoms with Crippen LogP contribution in [0.2, 0.25) is 0 Å². The number of hydrogen-bond acceptors (Lipinski definition) is 16. The van der Waals surface area contributed by atoms with Gasteiger partial charge in [-0.2, -0.15) is 0 Å². The van der Waals surface area contributed by atoms with Crippen molar-refractivity contribution in [2.24, 2.45) is 0 Å². The average molecular weight is 617 g/mol. The molecule has 0 atom stereocenters. The molecule has 0 bridgehead atoms. The van der Waals surface area contributed by atoms with Crippen molar-refractivity contribution in [2.45, 2.75) is 0 Å². The molecule has 0 aliphatic rings. The summed E-state index contributed by atoms with van der Waals surface area (Å²) in [6.45, 7) is 0. The van der Waals surface area contributed by atoms with Crippen molar-refractivity contribution < 1.29 is 138 Å². The molecule has 0 saturated heterocycles. The second-order valence-electron chi connectivity index (χ2n) is 1.63. The summed E-state index contributed by atoms with van der Waals surface area (Å²) in [7, 11) is -20.7. The Morgan fingerprint density at radius 1 is 0.417 bits per heavy atom. The third kappa shape index (κ3) is 5090. The molecule has 0 spiro atoms. The minimum absolute atomic E-state index is 0. The molecule has 0 saturated carbocycles. The predicted octanol–water partition coefficient (Wildman–Crippen LogP) is -5.36. The van der Waals surface area contributed by atoms with Crippen LogP contribution in [0.4, 0.5) is 0 Å². The molecular formula is CuFeMnNiO16S4. The fourth-order valence-electron chi connectivity index (χ4n) is 0. The van der Waals surface area contributed by atoms with E-state index in [0.29, 0.717) is 0 Å². The van der Waals surface area contributed by atoms with Crippen LogP contribution in [0.3, 0.4) is 0 Å². The van der Waals surface area contributed by atoms with Gasteiger partial charge in [-0.15, -0.1) is 0 Å². The molecule has 0 rings (SSSR count). The first-order valence-electron chi connectivity index (χ1n) is 2.67. The van der Waals surface area contributed by atoms with E-state index in [1.54, 1.807) is 0 Å². The molecule has 0 fully saturated rings. The van der Waals surface area contributed by atoms with E-state index in [4.69, 9.17) is 70.1 Å². The zero-order chi connectivity index (χ0) is 18.0. The van der Waals surface area contributed by atoms with E-state index in [1.807, 2.05) is 0 Å². The smallest absolute Gasteiger partial charge is 0.759 e. The molecular weight excluding hydrogens is 617 g/mol. The Bertz CT molecular complexity index is 491. The first-order valence-corrected chi connectivity index (χ1v) is 8.00. The average Bonchev–Trinajstić information content (AvgIpc) is 1.62. The van der Waals surface area contributed by atoms with Gasteiger partial charge in [-0.3, -0.25) is 33.7 Å². The van der Waals surface area contributed by atoms with E-state index in [2.05, 4.69) is 0 Å². The van der Waals surface area contributed by atoms with Crippen LogP contribution in [0.1, 0.15) is 0 Å². The van der Waals surface area contributed by atoms with Crippen molar-refractivity contribution in [3.8, 4) is 0 Å². The van der Waals surface area contributed by atoms with E-state index in [1.165, 1.54) is 0 Å². The molecule has 156 valence electrons. The maximum absolute atomic E-state index is 8.52. The summed E-state index contributed by atoms with van der Waals surface area (Å²) in [6, 6.07) is 0. The molecule has 0 unspecified atom stereocenters. The number of rotatable bonds is 0. The van der Waals surface area contributed by atoms with E-state index in [-0.39, 0.29) is 67.7 Å². The van der Waals surface area contributed by atoms with Crippen LogP contribution in [0.15, 0.2) is 0 Å². The minimum atomic E-state index is -5.17. The molecule has 0 N–H and O–H groups in total. The summed E-state index contributed by atoms with van der Waals surface area (Å²) in [5.74, 6) is 0. The second-order valence-corrected chi connectivity index (χ2v) is 4.90. The Hall–Kier alpha value is 1.53. The fraction of sp³-hybridized carbons (Fsp3) is 0. The largest absolute Gasteiger partial charge is 2.00 e. The Labute approximate surface area is 178 Å². The maximum Gasteiger partial charge on any atom is 2.00 e. The van der Waals surface area contributed by atoms with Gasteiger partial charge in [-0.1, -0.05) is 0 Å². The zero-order valence-electron chi connectivity index (χ0n) is 9.51. The van der Waals surface area contributed by atoms with Crippen LogP contribution in [-0.4, -0.2) is 70.1 Å². The fourth-order valence-corrected chi connectivity index (χ4v) is 0. The van der Waals surface area contributed by atoms with E-state index < -0.39 is 41.6 Å². The van der Waals surface area contributed by atoms with Crippen molar-refractivity contribution in [3.63, 3.8) is 0 Å². The van der Waals surface area contributed by atoms with Gasteiger partial charge < -0.3 is 36.4 Å². The Morgan fingerprint density at radius 2 is 0.417 bits per heavy atom. The summed E-state index contributed by atoms with van der Waals surface area (Å²) >= 11 is 0. The first kappa shape index (κ1) is 50.0. The van der Waals surface area contributed by atoms with Crippen LogP contribution in [0, 0.1) is 0 Å². The van der Waals surface area contributed by atoms with Gasteiger partial charge in [0.05, 0.1) is 0 Å². The van der Waals surface area contributed by atoms with Gasteiger partial charge in [0.15, 0.2) is 0 Å². The first-order chi connectivity index (χ1) is 8.00. The molecule has 2 radical (unpaired) electrons. The summed E-state index contributed by atoms with van der Waals surface area (Å²) in [5, 5.41) is 0. The van der Waals surface area contributed by atoms with Gasteiger partial charge in [0.25, 0.3) is 0 Å². The Kier molecular flexibility index (Phi) is 43.4. The third-order valence-corrected chi connectivity index (χ3v) is 0. The van der Waals surface area contributed by atoms with E-state index in [9.17, 15) is 0 Å². The van der Waals surface area contributed by atoms with Crippen molar-refractivity contribution in [1.29, 1.82) is 0 Å². The van der Waals surface area contributed by atoms with Gasteiger partial charge in [0, 0.05) is 41.6 Å². The molecule has 0 aromatic carbocycles. The van der Waals surface area contributed by atoms with E-state index in [0.717, 1.165) is 0 Å². The molecule has 16 nitrogen and oxygen atoms in total. The molecule has 0 aliphatic heterocycles. The summed E-state index contributed by atoms with van der Waals surface area (Å²) in [6.07, 6.45) is 0. The molecule has 24 heavy (non-hydrogen) atoms. The topological polar surface area (TPSA) is 321 Å². The van der Waals surface area contributed by atoms with Crippen LogP contribution >= 0.6 is 0 Å². The molecule has 0 aliphatic carbocycles. The zero-order valence-corrected chi connectivity index (χ0v) is 17.0. The SMILES string of the molecule is O=S(=O)([O-])[O-].O=S(=O)([O-])[O-].O=S(=O)([O-])[O-].O=S(=O)([O-])[O-].[Cu+2].[Fe+2].[Mn+2].[Ni+2]. The summed E-state index contributed by atoms with van der Waals surface area (Å²) < 4.78 is 136. The molecule has 0 aromatic heterocycles. The van der Waals surface area contributed by atoms with Gasteiger partial charge >= 0.3 is 67.7 Å². The van der Waals surface area contributed by atoms with Gasteiger partial charge in [0.2, 0.25) is 0 Å². The molecule has 24 heteroatoms. The summed E-state index contributed by atoms with van der Waals surface area (Å²) in [4.78, 5) is 0. The Morgan fingerprint density at radius 3 is 0.417 bits per heavy atom. The molecule has 0 heterocycles. The molecule has 0 amide bonds. The number of hydrogen-bond donors (Lipinski definition) is 0. The Balaban J connectivity index is -0.0000000225. The van der Waals surface area contributed by atoms with Crippen molar-refractivity contribution >= 4 is 41.6 Å². The van der Waals surface area contributed by atoms with Crippen molar-refractivity contribution in [3.05, 3.63) is 0 Å². The monoisotopic (exact) mass is 616 g/mol. The maximum atomic E-state index is 8.52. The second kappa shape index (κ2) is 20.8. The van der Waals surface area contributed by atoms with Crippen LogP contribution in [0.5, 0.6) is 0 Å². The predicted molar refractivity (Wildman–Crippen MR) is 41.9 cm³/mol. The van der Waals surface area contributed by atoms with Crippen molar-refractivity contribution in [1.82, 2.24) is 0 Å². The van der Waals surface area contributed by atoms with Crippen molar-refractivity contribution in [2.75, 3.05) is 0 Å². The summed E-state index contributed by atoms with van der Waals surface area (Å²) in [5.41, 5.74) is 0. The van der Waals surface area contributed by atoms with Gasteiger partial charge in [-0.25, -0.2) is 0 Å². The minimum Gasteiger partial charge on any atom is -0.759 e. The van der Waals surface area contributed by atoms with Gasteiger partial charge in [-0.05, 0) is 0 Å². The van der Waals surface area contributed by atoms with Crippen LogP contribution in [-0.2, 0) is 109 Å².